The summed E-state index contributed by atoms with van der Waals surface area (Å²) in [6, 6.07) is -0.501. The average Bonchev–Trinajstić information content (AvgIpc) is 2.04. The van der Waals surface area contributed by atoms with E-state index >= 15 is 0 Å². The van der Waals surface area contributed by atoms with Crippen molar-refractivity contribution in [3.05, 3.63) is 0 Å². The molecular weight excluding hydrogens is 180 g/mol. The molecule has 0 aromatic heterocycles. The van der Waals surface area contributed by atoms with Gasteiger partial charge < -0.3 is 5.32 Å². The first kappa shape index (κ1) is 12.5. The van der Waals surface area contributed by atoms with Crippen molar-refractivity contribution in [3.8, 4) is 12.3 Å². The van der Waals surface area contributed by atoms with Gasteiger partial charge in [0.1, 0.15) is 5.92 Å². The second-order valence-electron chi connectivity index (χ2n) is 3.24. The summed E-state index contributed by atoms with van der Waals surface area (Å²) < 4.78 is 0. The summed E-state index contributed by atoms with van der Waals surface area (Å²) in [6.07, 6.45) is 5.18. The molecule has 0 saturated heterocycles. The third-order valence-electron chi connectivity index (χ3n) is 1.70. The summed E-state index contributed by atoms with van der Waals surface area (Å²) in [5.74, 6) is 1.40. The van der Waals surface area contributed by atoms with Crippen LogP contribution in [0.4, 0.5) is 4.79 Å². The molecule has 0 bridgehead atoms. The average molecular weight is 196 g/mol. The molecule has 0 aromatic carbocycles. The zero-order chi connectivity index (χ0) is 11.1. The summed E-state index contributed by atoms with van der Waals surface area (Å²) in [5, 5.41) is 4.64. The Kier molecular flexibility index (Phi) is 5.38. The van der Waals surface area contributed by atoms with Crippen LogP contribution in [0.1, 0.15) is 20.8 Å². The van der Waals surface area contributed by atoms with Crippen molar-refractivity contribution >= 4 is 11.9 Å². The summed E-state index contributed by atoms with van der Waals surface area (Å²) in [5.41, 5.74) is 0. The lowest BCUT2D eigenvalue weighted by Gasteiger charge is -2.13. The molecule has 0 aliphatic heterocycles. The fourth-order valence-electron chi connectivity index (χ4n) is 0.965. The van der Waals surface area contributed by atoms with Gasteiger partial charge in [0.2, 0.25) is 5.91 Å². The lowest BCUT2D eigenvalue weighted by molar-refractivity contribution is -0.123. The summed E-state index contributed by atoms with van der Waals surface area (Å²) in [4.78, 5) is 22.4. The number of amides is 3. The number of hydrogen-bond acceptors (Lipinski definition) is 2. The van der Waals surface area contributed by atoms with E-state index < -0.39 is 17.9 Å². The molecule has 4 nitrogen and oxygen atoms in total. The van der Waals surface area contributed by atoms with E-state index in [0.717, 1.165) is 0 Å². The number of carbonyl (C=O) groups excluding carboxylic acids is 2. The van der Waals surface area contributed by atoms with E-state index in [-0.39, 0.29) is 5.92 Å². The molecular formula is C10H16N2O2. The molecule has 1 unspecified atom stereocenters. The van der Waals surface area contributed by atoms with E-state index in [2.05, 4.69) is 16.6 Å². The molecule has 0 aliphatic rings. The Balaban J connectivity index is 4.20. The molecule has 3 amide bonds. The van der Waals surface area contributed by atoms with Crippen LogP contribution in [0.2, 0.25) is 0 Å². The predicted molar refractivity (Wildman–Crippen MR) is 54.4 cm³/mol. The number of nitrogens with one attached hydrogen (secondary N) is 2. The van der Waals surface area contributed by atoms with Crippen LogP contribution in [0.5, 0.6) is 0 Å². The molecule has 0 saturated carbocycles. The molecule has 0 aromatic rings. The predicted octanol–water partition coefficient (Wildman–Crippen LogP) is 0.737. The van der Waals surface area contributed by atoms with Crippen LogP contribution < -0.4 is 10.6 Å². The highest BCUT2D eigenvalue weighted by Crippen LogP contribution is 2.08. The Bertz CT molecular complexity index is 253. The van der Waals surface area contributed by atoms with E-state index in [1.165, 1.54) is 0 Å². The van der Waals surface area contributed by atoms with Gasteiger partial charge >= 0.3 is 6.03 Å². The Morgan fingerprint density at radius 1 is 1.43 bits per heavy atom. The Hall–Kier alpha value is -1.50. The minimum Gasteiger partial charge on any atom is -0.338 e. The van der Waals surface area contributed by atoms with Gasteiger partial charge in [-0.1, -0.05) is 19.8 Å². The summed E-state index contributed by atoms with van der Waals surface area (Å²) >= 11 is 0. The van der Waals surface area contributed by atoms with Crippen molar-refractivity contribution in [2.45, 2.75) is 20.8 Å². The Morgan fingerprint density at radius 3 is 2.36 bits per heavy atom. The van der Waals surface area contributed by atoms with Gasteiger partial charge in [-0.2, -0.15) is 0 Å². The van der Waals surface area contributed by atoms with Crippen molar-refractivity contribution in [2.75, 3.05) is 6.54 Å². The molecule has 0 aliphatic carbocycles. The fraction of sp³-hybridized carbons (Fsp3) is 0.600. The zero-order valence-electron chi connectivity index (χ0n) is 8.76. The zero-order valence-corrected chi connectivity index (χ0v) is 8.76. The maximum absolute atomic E-state index is 11.4. The monoisotopic (exact) mass is 196 g/mol. The largest absolute Gasteiger partial charge is 0.338 e. The maximum atomic E-state index is 11.4. The van der Waals surface area contributed by atoms with Crippen LogP contribution in [0, 0.1) is 24.2 Å². The van der Waals surface area contributed by atoms with Crippen molar-refractivity contribution in [1.82, 2.24) is 10.6 Å². The van der Waals surface area contributed by atoms with Crippen LogP contribution in [0.3, 0.4) is 0 Å². The number of rotatable bonds is 3. The first-order chi connectivity index (χ1) is 6.52. The van der Waals surface area contributed by atoms with Crippen molar-refractivity contribution in [3.63, 3.8) is 0 Å². The molecule has 0 spiro atoms. The SMILES string of the molecule is C#CC(C(=O)NC(=O)NCC)C(C)C. The van der Waals surface area contributed by atoms with E-state index in [1.807, 2.05) is 13.8 Å². The van der Waals surface area contributed by atoms with Gasteiger partial charge in [0.05, 0.1) is 0 Å². The minimum absolute atomic E-state index is 0.0226. The quantitative estimate of drug-likeness (QED) is 0.654. The van der Waals surface area contributed by atoms with Crippen LogP contribution in [0.25, 0.3) is 0 Å². The van der Waals surface area contributed by atoms with Gasteiger partial charge in [-0.3, -0.25) is 10.1 Å². The van der Waals surface area contributed by atoms with E-state index in [9.17, 15) is 9.59 Å². The fourth-order valence-corrected chi connectivity index (χ4v) is 0.965. The number of urea groups is 1. The maximum Gasteiger partial charge on any atom is 0.321 e. The van der Waals surface area contributed by atoms with Gasteiger partial charge in [0.15, 0.2) is 0 Å². The van der Waals surface area contributed by atoms with Crippen molar-refractivity contribution in [1.29, 1.82) is 0 Å². The second-order valence-corrected chi connectivity index (χ2v) is 3.24. The van der Waals surface area contributed by atoms with Gasteiger partial charge in [0, 0.05) is 6.54 Å². The molecule has 0 fully saturated rings. The van der Waals surface area contributed by atoms with E-state index in [4.69, 9.17) is 6.42 Å². The standard InChI is InChI=1S/C10H16N2O2/c1-5-8(7(3)4)9(13)12-10(14)11-6-2/h1,7-8H,6H2,2-4H3,(H2,11,12,13,14). The molecule has 0 heterocycles. The van der Waals surface area contributed by atoms with Crippen LogP contribution >= 0.6 is 0 Å². The molecule has 14 heavy (non-hydrogen) atoms. The van der Waals surface area contributed by atoms with Gasteiger partial charge in [0.25, 0.3) is 0 Å². The molecule has 4 heteroatoms. The van der Waals surface area contributed by atoms with Crippen LogP contribution in [-0.2, 0) is 4.79 Å². The smallest absolute Gasteiger partial charge is 0.321 e. The highest BCUT2D eigenvalue weighted by molar-refractivity contribution is 5.96. The molecule has 0 rings (SSSR count). The highest BCUT2D eigenvalue weighted by atomic mass is 16.2. The molecule has 0 radical (unpaired) electrons. The topological polar surface area (TPSA) is 58.2 Å². The number of terminal acetylenes is 1. The minimum atomic E-state index is -0.558. The molecule has 2 N–H and O–H groups in total. The third kappa shape index (κ3) is 3.94. The Labute approximate surface area is 84.4 Å². The summed E-state index contributed by atoms with van der Waals surface area (Å²) in [6.45, 7) is 5.91. The van der Waals surface area contributed by atoms with Gasteiger partial charge in [-0.15, -0.1) is 6.42 Å². The normalized spacial score (nSPS) is 11.6. The molecule has 1 atom stereocenters. The van der Waals surface area contributed by atoms with E-state index in [1.54, 1.807) is 6.92 Å². The van der Waals surface area contributed by atoms with Crippen molar-refractivity contribution in [2.24, 2.45) is 11.8 Å². The van der Waals surface area contributed by atoms with E-state index in [0.29, 0.717) is 6.54 Å². The number of carbonyl (C=O) groups is 2. The van der Waals surface area contributed by atoms with Gasteiger partial charge in [-0.25, -0.2) is 4.79 Å². The van der Waals surface area contributed by atoms with Crippen LogP contribution in [0.15, 0.2) is 0 Å². The third-order valence-corrected chi connectivity index (χ3v) is 1.70. The lowest BCUT2D eigenvalue weighted by Crippen LogP contribution is -2.43. The molecule has 78 valence electrons. The second kappa shape index (κ2) is 6.03. The van der Waals surface area contributed by atoms with Crippen LogP contribution in [-0.4, -0.2) is 18.5 Å². The number of hydrogen-bond donors (Lipinski definition) is 2. The lowest BCUT2D eigenvalue weighted by atomic mass is 9.96. The highest BCUT2D eigenvalue weighted by Gasteiger charge is 2.20. The first-order valence-corrected chi connectivity index (χ1v) is 4.57. The Morgan fingerprint density at radius 2 is 2.00 bits per heavy atom. The van der Waals surface area contributed by atoms with Gasteiger partial charge in [-0.05, 0) is 12.8 Å². The number of imide groups is 1. The first-order valence-electron chi connectivity index (χ1n) is 4.57. The summed E-state index contributed by atoms with van der Waals surface area (Å²) in [7, 11) is 0. The van der Waals surface area contributed by atoms with Crippen molar-refractivity contribution < 1.29 is 9.59 Å².